The van der Waals surface area contributed by atoms with Gasteiger partial charge in [0.2, 0.25) is 0 Å². The maximum Gasteiger partial charge on any atom is 0.412 e. The third-order valence-corrected chi connectivity index (χ3v) is 4.08. The Kier molecular flexibility index (Phi) is 6.09. The predicted octanol–water partition coefficient (Wildman–Crippen LogP) is 5.31. The van der Waals surface area contributed by atoms with Crippen LogP contribution in [-0.4, -0.2) is 12.7 Å². The number of rotatable bonds is 7. The fraction of sp³-hybridized carbons (Fsp3) is 0.227. The summed E-state index contributed by atoms with van der Waals surface area (Å²) in [5.74, 6) is 1.40. The Morgan fingerprint density at radius 1 is 0.962 bits per heavy atom. The lowest BCUT2D eigenvalue weighted by molar-refractivity contribution is 0.200. The van der Waals surface area contributed by atoms with E-state index in [4.69, 9.17) is 9.47 Å². The van der Waals surface area contributed by atoms with Gasteiger partial charge in [-0.2, -0.15) is 0 Å². The molecule has 0 bridgehead atoms. The number of fused-ring (bicyclic) bond motifs is 1. The zero-order valence-electron chi connectivity index (χ0n) is 14.9. The van der Waals surface area contributed by atoms with Crippen LogP contribution >= 0.6 is 0 Å². The number of benzene rings is 3. The highest BCUT2D eigenvalue weighted by atomic mass is 16.6. The SMILES string of the molecule is CCCCOc1ccc(CNC(=O)Oc2cccc3ccccc23)cc1. The Morgan fingerprint density at radius 2 is 1.73 bits per heavy atom. The van der Waals surface area contributed by atoms with Gasteiger partial charge in [0.15, 0.2) is 0 Å². The largest absolute Gasteiger partial charge is 0.494 e. The fourth-order valence-corrected chi connectivity index (χ4v) is 2.63. The summed E-state index contributed by atoms with van der Waals surface area (Å²) in [5, 5.41) is 4.74. The summed E-state index contributed by atoms with van der Waals surface area (Å²) in [6.07, 6.45) is 1.69. The molecule has 1 amide bonds. The van der Waals surface area contributed by atoms with E-state index in [9.17, 15) is 4.79 Å². The molecular weight excluding hydrogens is 326 g/mol. The third kappa shape index (κ3) is 4.76. The van der Waals surface area contributed by atoms with Gasteiger partial charge in [-0.15, -0.1) is 0 Å². The van der Waals surface area contributed by atoms with Gasteiger partial charge in [-0.25, -0.2) is 4.79 Å². The average Bonchev–Trinajstić information content (AvgIpc) is 2.68. The van der Waals surface area contributed by atoms with Crippen LogP contribution in [0.2, 0.25) is 0 Å². The lowest BCUT2D eigenvalue weighted by Crippen LogP contribution is -2.26. The van der Waals surface area contributed by atoms with E-state index >= 15 is 0 Å². The molecule has 0 saturated heterocycles. The lowest BCUT2D eigenvalue weighted by atomic mass is 10.1. The summed E-state index contributed by atoms with van der Waals surface area (Å²) in [6, 6.07) is 21.2. The molecule has 134 valence electrons. The Hall–Kier alpha value is -3.01. The monoisotopic (exact) mass is 349 g/mol. The maximum atomic E-state index is 12.1. The normalized spacial score (nSPS) is 10.5. The van der Waals surface area contributed by atoms with E-state index in [1.54, 1.807) is 6.07 Å². The van der Waals surface area contributed by atoms with Gasteiger partial charge in [-0.3, -0.25) is 0 Å². The minimum Gasteiger partial charge on any atom is -0.494 e. The van der Waals surface area contributed by atoms with Crippen molar-refractivity contribution >= 4 is 16.9 Å². The second-order valence-electron chi connectivity index (χ2n) is 6.07. The van der Waals surface area contributed by atoms with Gasteiger partial charge in [-0.1, -0.05) is 61.9 Å². The van der Waals surface area contributed by atoms with Crippen LogP contribution in [0.1, 0.15) is 25.3 Å². The van der Waals surface area contributed by atoms with Gasteiger partial charge < -0.3 is 14.8 Å². The molecule has 1 N–H and O–H groups in total. The van der Waals surface area contributed by atoms with Crippen molar-refractivity contribution in [3.05, 3.63) is 72.3 Å². The summed E-state index contributed by atoms with van der Waals surface area (Å²) in [7, 11) is 0. The van der Waals surface area contributed by atoms with E-state index in [0.29, 0.717) is 12.3 Å². The number of unbranched alkanes of at least 4 members (excludes halogenated alkanes) is 1. The zero-order chi connectivity index (χ0) is 18.2. The van der Waals surface area contributed by atoms with Crippen molar-refractivity contribution in [3.63, 3.8) is 0 Å². The van der Waals surface area contributed by atoms with Crippen LogP contribution in [0.3, 0.4) is 0 Å². The van der Waals surface area contributed by atoms with Crippen molar-refractivity contribution in [1.82, 2.24) is 5.32 Å². The van der Waals surface area contributed by atoms with Crippen LogP contribution in [0.5, 0.6) is 11.5 Å². The van der Waals surface area contributed by atoms with E-state index in [1.165, 1.54) is 0 Å². The third-order valence-electron chi connectivity index (χ3n) is 4.08. The topological polar surface area (TPSA) is 47.6 Å². The first-order valence-electron chi connectivity index (χ1n) is 8.91. The Labute approximate surface area is 153 Å². The van der Waals surface area contributed by atoms with E-state index in [0.717, 1.165) is 41.5 Å². The Bertz CT molecular complexity index is 853. The molecule has 0 aromatic heterocycles. The zero-order valence-corrected chi connectivity index (χ0v) is 14.9. The highest BCUT2D eigenvalue weighted by Crippen LogP contribution is 2.25. The van der Waals surface area contributed by atoms with E-state index in [-0.39, 0.29) is 0 Å². The van der Waals surface area contributed by atoms with E-state index in [2.05, 4.69) is 12.2 Å². The van der Waals surface area contributed by atoms with Crippen LogP contribution in [-0.2, 0) is 6.54 Å². The molecule has 0 unspecified atom stereocenters. The van der Waals surface area contributed by atoms with E-state index in [1.807, 2.05) is 60.7 Å². The number of hydrogen-bond acceptors (Lipinski definition) is 3. The van der Waals surface area contributed by atoms with E-state index < -0.39 is 6.09 Å². The number of ether oxygens (including phenoxy) is 2. The average molecular weight is 349 g/mol. The smallest absolute Gasteiger partial charge is 0.412 e. The van der Waals surface area contributed by atoms with Gasteiger partial charge in [0, 0.05) is 11.9 Å². The number of nitrogens with one attached hydrogen (secondary N) is 1. The van der Waals surface area contributed by atoms with Crippen molar-refractivity contribution < 1.29 is 14.3 Å². The molecular formula is C22H23NO3. The van der Waals surface area contributed by atoms with Crippen LogP contribution in [0.25, 0.3) is 10.8 Å². The number of amides is 1. The molecule has 0 aliphatic heterocycles. The molecule has 4 nitrogen and oxygen atoms in total. The highest BCUT2D eigenvalue weighted by molar-refractivity contribution is 5.90. The second kappa shape index (κ2) is 8.90. The van der Waals surface area contributed by atoms with Crippen LogP contribution < -0.4 is 14.8 Å². The molecule has 0 heterocycles. The molecule has 0 aliphatic carbocycles. The predicted molar refractivity (Wildman–Crippen MR) is 104 cm³/mol. The molecule has 0 atom stereocenters. The summed E-state index contributed by atoms with van der Waals surface area (Å²) in [6.45, 7) is 3.26. The van der Waals surface area contributed by atoms with Crippen LogP contribution in [0, 0.1) is 0 Å². The molecule has 0 fully saturated rings. The summed E-state index contributed by atoms with van der Waals surface area (Å²) in [5.41, 5.74) is 0.989. The van der Waals surface area contributed by atoms with Gasteiger partial charge >= 0.3 is 6.09 Å². The van der Waals surface area contributed by atoms with Crippen molar-refractivity contribution in [2.75, 3.05) is 6.61 Å². The lowest BCUT2D eigenvalue weighted by Gasteiger charge is -2.10. The first kappa shape index (κ1) is 17.8. The molecule has 3 rings (SSSR count). The Morgan fingerprint density at radius 3 is 2.54 bits per heavy atom. The highest BCUT2D eigenvalue weighted by Gasteiger charge is 2.07. The maximum absolute atomic E-state index is 12.1. The minimum atomic E-state index is -0.468. The number of carbonyl (C=O) groups is 1. The summed E-state index contributed by atoms with van der Waals surface area (Å²) >= 11 is 0. The fourth-order valence-electron chi connectivity index (χ4n) is 2.63. The molecule has 4 heteroatoms. The molecule has 0 radical (unpaired) electrons. The van der Waals surface area contributed by atoms with Crippen LogP contribution in [0.4, 0.5) is 4.79 Å². The van der Waals surface area contributed by atoms with Crippen molar-refractivity contribution in [1.29, 1.82) is 0 Å². The van der Waals surface area contributed by atoms with Crippen molar-refractivity contribution in [2.45, 2.75) is 26.3 Å². The Balaban J connectivity index is 1.54. The summed E-state index contributed by atoms with van der Waals surface area (Å²) < 4.78 is 11.1. The molecule has 0 saturated carbocycles. The quantitative estimate of drug-likeness (QED) is 0.588. The van der Waals surface area contributed by atoms with Crippen LogP contribution in [0.15, 0.2) is 66.7 Å². The number of hydrogen-bond donors (Lipinski definition) is 1. The summed E-state index contributed by atoms with van der Waals surface area (Å²) in [4.78, 5) is 12.1. The van der Waals surface area contributed by atoms with Gasteiger partial charge in [0.1, 0.15) is 11.5 Å². The molecule has 26 heavy (non-hydrogen) atoms. The second-order valence-corrected chi connectivity index (χ2v) is 6.07. The van der Waals surface area contributed by atoms with Gasteiger partial charge in [-0.05, 0) is 35.6 Å². The minimum absolute atomic E-state index is 0.402. The molecule has 3 aromatic carbocycles. The molecule has 0 aliphatic rings. The molecule has 3 aromatic rings. The van der Waals surface area contributed by atoms with Crippen molar-refractivity contribution in [2.24, 2.45) is 0 Å². The van der Waals surface area contributed by atoms with Gasteiger partial charge in [0.05, 0.1) is 6.61 Å². The first-order chi connectivity index (χ1) is 12.8. The van der Waals surface area contributed by atoms with Crippen molar-refractivity contribution in [3.8, 4) is 11.5 Å². The number of carbonyl (C=O) groups excluding carboxylic acids is 1. The molecule has 0 spiro atoms. The first-order valence-corrected chi connectivity index (χ1v) is 8.91. The van der Waals surface area contributed by atoms with Gasteiger partial charge in [0.25, 0.3) is 0 Å². The standard InChI is InChI=1S/C22H23NO3/c1-2-3-15-25-19-13-11-17(12-14-19)16-23-22(24)26-21-10-6-8-18-7-4-5-9-20(18)21/h4-14H,2-3,15-16H2,1H3,(H,23,24).